The van der Waals surface area contributed by atoms with Crippen molar-refractivity contribution in [1.29, 1.82) is 0 Å². The third-order valence-electron chi connectivity index (χ3n) is 6.01. The number of piperidine rings is 1. The Morgan fingerprint density at radius 3 is 2.68 bits per heavy atom. The van der Waals surface area contributed by atoms with Crippen molar-refractivity contribution in [3.8, 4) is 5.75 Å². The molecule has 2 aliphatic rings. The number of aromatic nitrogens is 1. The fourth-order valence-corrected chi connectivity index (χ4v) is 4.79. The zero-order chi connectivity index (χ0) is 16.9. The molecule has 1 aliphatic carbocycles. The van der Waals surface area contributed by atoms with Crippen LogP contribution in [0.2, 0.25) is 0 Å². The number of hydrogen-bond acceptors (Lipinski definition) is 4. The van der Waals surface area contributed by atoms with Gasteiger partial charge in [0, 0.05) is 18.4 Å². The SMILES string of the molecule is c1ccc(OCC2CNCC(C3CCCCC3)C2c2cocn2)cc1. The Kier molecular flexibility index (Phi) is 5.36. The highest BCUT2D eigenvalue weighted by Gasteiger charge is 2.40. The summed E-state index contributed by atoms with van der Waals surface area (Å²) in [4.78, 5) is 4.54. The molecule has 0 amide bonds. The van der Waals surface area contributed by atoms with Crippen molar-refractivity contribution >= 4 is 0 Å². The van der Waals surface area contributed by atoms with Crippen LogP contribution in [0.1, 0.15) is 43.7 Å². The molecule has 0 bridgehead atoms. The second-order valence-electron chi connectivity index (χ2n) is 7.54. The standard InChI is InChI=1S/C21H28N2O2/c1-3-7-16(8-4-1)19-12-22-11-17(21(19)20-14-24-15-23-20)13-25-18-9-5-2-6-10-18/h2,5-6,9-10,14-17,19,21-22H,1,3-4,7-8,11-13H2. The normalized spacial score (nSPS) is 27.9. The predicted octanol–water partition coefficient (Wildman–Crippen LogP) is 4.25. The summed E-state index contributed by atoms with van der Waals surface area (Å²) in [6.07, 6.45) is 10.3. The fourth-order valence-electron chi connectivity index (χ4n) is 4.79. The monoisotopic (exact) mass is 340 g/mol. The molecular formula is C21H28N2O2. The molecule has 1 saturated heterocycles. The first-order chi connectivity index (χ1) is 12.4. The van der Waals surface area contributed by atoms with Crippen molar-refractivity contribution in [3.05, 3.63) is 48.7 Å². The number of ether oxygens (including phenoxy) is 1. The lowest BCUT2D eigenvalue weighted by molar-refractivity contribution is 0.106. The largest absolute Gasteiger partial charge is 0.493 e. The van der Waals surface area contributed by atoms with E-state index < -0.39 is 0 Å². The molecule has 4 nitrogen and oxygen atoms in total. The molecule has 4 rings (SSSR count). The molecule has 1 aromatic carbocycles. The molecular weight excluding hydrogens is 312 g/mol. The van der Waals surface area contributed by atoms with E-state index in [2.05, 4.69) is 10.3 Å². The smallest absolute Gasteiger partial charge is 0.180 e. The van der Waals surface area contributed by atoms with Crippen molar-refractivity contribution in [2.24, 2.45) is 17.8 Å². The molecule has 3 atom stereocenters. The summed E-state index contributed by atoms with van der Waals surface area (Å²) in [5, 5.41) is 3.67. The van der Waals surface area contributed by atoms with Crippen molar-refractivity contribution in [3.63, 3.8) is 0 Å². The van der Waals surface area contributed by atoms with Crippen LogP contribution in [0.25, 0.3) is 0 Å². The number of para-hydroxylation sites is 1. The molecule has 2 aromatic rings. The van der Waals surface area contributed by atoms with E-state index in [1.165, 1.54) is 32.1 Å². The van der Waals surface area contributed by atoms with Crippen LogP contribution < -0.4 is 10.1 Å². The van der Waals surface area contributed by atoms with Crippen LogP contribution in [-0.2, 0) is 0 Å². The van der Waals surface area contributed by atoms with E-state index in [1.54, 1.807) is 6.39 Å². The Labute approximate surface area is 150 Å². The molecule has 1 aromatic heterocycles. The van der Waals surface area contributed by atoms with Gasteiger partial charge in [-0.1, -0.05) is 50.3 Å². The van der Waals surface area contributed by atoms with Crippen LogP contribution in [0.3, 0.4) is 0 Å². The van der Waals surface area contributed by atoms with Gasteiger partial charge in [0.1, 0.15) is 12.0 Å². The molecule has 3 unspecified atom stereocenters. The van der Waals surface area contributed by atoms with Crippen molar-refractivity contribution in [1.82, 2.24) is 10.3 Å². The molecule has 2 heterocycles. The highest BCUT2D eigenvalue weighted by Crippen LogP contribution is 2.43. The van der Waals surface area contributed by atoms with E-state index in [1.807, 2.05) is 36.6 Å². The summed E-state index contributed by atoms with van der Waals surface area (Å²) >= 11 is 0. The molecule has 2 fully saturated rings. The van der Waals surface area contributed by atoms with Crippen LogP contribution in [-0.4, -0.2) is 24.7 Å². The molecule has 1 saturated carbocycles. The number of rotatable bonds is 5. The van der Waals surface area contributed by atoms with Gasteiger partial charge in [0.15, 0.2) is 6.39 Å². The van der Waals surface area contributed by atoms with E-state index in [-0.39, 0.29) is 0 Å². The van der Waals surface area contributed by atoms with Gasteiger partial charge < -0.3 is 14.5 Å². The number of nitrogens with zero attached hydrogens (tertiary/aromatic N) is 1. The summed E-state index contributed by atoms with van der Waals surface area (Å²) in [7, 11) is 0. The first kappa shape index (κ1) is 16.6. The summed E-state index contributed by atoms with van der Waals surface area (Å²) in [5.41, 5.74) is 1.11. The minimum Gasteiger partial charge on any atom is -0.493 e. The average molecular weight is 340 g/mol. The lowest BCUT2D eigenvalue weighted by Gasteiger charge is -2.42. The zero-order valence-electron chi connectivity index (χ0n) is 14.8. The van der Waals surface area contributed by atoms with Gasteiger partial charge in [-0.2, -0.15) is 0 Å². The predicted molar refractivity (Wildman–Crippen MR) is 97.6 cm³/mol. The molecule has 1 N–H and O–H groups in total. The highest BCUT2D eigenvalue weighted by molar-refractivity contribution is 5.21. The summed E-state index contributed by atoms with van der Waals surface area (Å²) in [6, 6.07) is 10.1. The number of benzene rings is 1. The maximum absolute atomic E-state index is 6.11. The molecule has 0 radical (unpaired) electrons. The van der Waals surface area contributed by atoms with Crippen LogP contribution in [0.5, 0.6) is 5.75 Å². The van der Waals surface area contributed by atoms with Gasteiger partial charge in [-0.15, -0.1) is 0 Å². The van der Waals surface area contributed by atoms with Gasteiger partial charge in [-0.3, -0.25) is 0 Å². The maximum atomic E-state index is 6.11. The molecule has 4 heteroatoms. The third-order valence-corrected chi connectivity index (χ3v) is 6.01. The van der Waals surface area contributed by atoms with E-state index in [0.717, 1.165) is 37.1 Å². The number of nitrogens with one attached hydrogen (secondary N) is 1. The number of hydrogen-bond donors (Lipinski definition) is 1. The molecule has 25 heavy (non-hydrogen) atoms. The first-order valence-corrected chi connectivity index (χ1v) is 9.68. The lowest BCUT2D eigenvalue weighted by atomic mass is 9.67. The van der Waals surface area contributed by atoms with Gasteiger partial charge in [-0.25, -0.2) is 4.98 Å². The van der Waals surface area contributed by atoms with E-state index in [0.29, 0.717) is 17.8 Å². The minimum atomic E-state index is 0.422. The van der Waals surface area contributed by atoms with Gasteiger partial charge >= 0.3 is 0 Å². The Hall–Kier alpha value is -1.81. The Morgan fingerprint density at radius 2 is 1.92 bits per heavy atom. The summed E-state index contributed by atoms with van der Waals surface area (Å²) in [6.45, 7) is 2.79. The zero-order valence-corrected chi connectivity index (χ0v) is 14.8. The van der Waals surface area contributed by atoms with Gasteiger partial charge in [0.05, 0.1) is 12.3 Å². The summed E-state index contributed by atoms with van der Waals surface area (Å²) < 4.78 is 11.5. The van der Waals surface area contributed by atoms with E-state index >= 15 is 0 Å². The summed E-state index contributed by atoms with van der Waals surface area (Å²) in [5.74, 6) is 3.21. The second kappa shape index (κ2) is 8.05. The van der Waals surface area contributed by atoms with E-state index in [4.69, 9.17) is 9.15 Å². The van der Waals surface area contributed by atoms with Crippen molar-refractivity contribution in [2.75, 3.05) is 19.7 Å². The lowest BCUT2D eigenvalue weighted by Crippen LogP contribution is -2.47. The quantitative estimate of drug-likeness (QED) is 0.884. The van der Waals surface area contributed by atoms with Crippen molar-refractivity contribution < 1.29 is 9.15 Å². The maximum Gasteiger partial charge on any atom is 0.180 e. The molecule has 134 valence electrons. The molecule has 1 aliphatic heterocycles. The van der Waals surface area contributed by atoms with Gasteiger partial charge in [-0.05, 0) is 30.5 Å². The fraction of sp³-hybridized carbons (Fsp3) is 0.571. The average Bonchev–Trinajstić information content (AvgIpc) is 3.22. The van der Waals surface area contributed by atoms with Crippen LogP contribution in [0.15, 0.2) is 47.4 Å². The second-order valence-corrected chi connectivity index (χ2v) is 7.54. The third kappa shape index (κ3) is 3.90. The Balaban J connectivity index is 1.51. The molecule has 0 spiro atoms. The van der Waals surface area contributed by atoms with E-state index in [9.17, 15) is 0 Å². The topological polar surface area (TPSA) is 47.3 Å². The Bertz CT molecular complexity index is 623. The van der Waals surface area contributed by atoms with Crippen LogP contribution >= 0.6 is 0 Å². The van der Waals surface area contributed by atoms with Gasteiger partial charge in [0.25, 0.3) is 0 Å². The van der Waals surface area contributed by atoms with Gasteiger partial charge in [0.2, 0.25) is 0 Å². The van der Waals surface area contributed by atoms with Crippen LogP contribution in [0, 0.1) is 17.8 Å². The van der Waals surface area contributed by atoms with Crippen molar-refractivity contribution in [2.45, 2.75) is 38.0 Å². The Morgan fingerprint density at radius 1 is 1.08 bits per heavy atom. The first-order valence-electron chi connectivity index (χ1n) is 9.68. The minimum absolute atomic E-state index is 0.422. The highest BCUT2D eigenvalue weighted by atomic mass is 16.5. The van der Waals surface area contributed by atoms with Crippen LogP contribution in [0.4, 0.5) is 0 Å². The number of oxazole rings is 1.